The van der Waals surface area contributed by atoms with Crippen molar-refractivity contribution >= 4 is 33.9 Å². The first-order valence-electron chi connectivity index (χ1n) is 8.77. The van der Waals surface area contributed by atoms with Crippen molar-refractivity contribution < 1.29 is 14.3 Å². The van der Waals surface area contributed by atoms with Gasteiger partial charge in [0.15, 0.2) is 0 Å². The summed E-state index contributed by atoms with van der Waals surface area (Å²) in [5.41, 5.74) is 1.90. The summed E-state index contributed by atoms with van der Waals surface area (Å²) in [6.07, 6.45) is 3.77. The highest BCUT2D eigenvalue weighted by atomic mass is 79.9. The second-order valence-corrected chi connectivity index (χ2v) is 8.05. The fraction of sp³-hybridized carbons (Fsp3) is 0.273. The lowest BCUT2D eigenvalue weighted by molar-refractivity contribution is -0.148. The summed E-state index contributed by atoms with van der Waals surface area (Å²) < 4.78 is 6.01. The second kappa shape index (κ2) is 9.51. The fourth-order valence-electron chi connectivity index (χ4n) is 2.41. The Hall–Kier alpha value is -2.40. The first-order valence-corrected chi connectivity index (χ1v) is 9.56. The van der Waals surface area contributed by atoms with Gasteiger partial charge in [-0.25, -0.2) is 4.79 Å². The first-order chi connectivity index (χ1) is 12.7. The maximum atomic E-state index is 12.4. The third-order valence-electron chi connectivity index (χ3n) is 3.54. The third-order valence-corrected chi connectivity index (χ3v) is 4.00. The fourth-order valence-corrected chi connectivity index (χ4v) is 2.92. The molecule has 1 amide bonds. The van der Waals surface area contributed by atoms with Gasteiger partial charge in [-0.2, -0.15) is 0 Å². The normalized spacial score (nSPS) is 11.4. The van der Waals surface area contributed by atoms with E-state index >= 15 is 0 Å². The van der Waals surface area contributed by atoms with Crippen LogP contribution in [0.5, 0.6) is 0 Å². The van der Waals surface area contributed by atoms with Gasteiger partial charge in [0.25, 0.3) is 5.91 Å². The van der Waals surface area contributed by atoms with E-state index in [4.69, 9.17) is 4.74 Å². The number of hydrogen-bond donors (Lipinski definition) is 1. The molecule has 0 radical (unpaired) electrons. The lowest BCUT2D eigenvalue weighted by Gasteiger charge is -2.17. The van der Waals surface area contributed by atoms with Crippen LogP contribution in [0.1, 0.15) is 42.3 Å². The average Bonchev–Trinajstić information content (AvgIpc) is 2.59. The number of hydrogen-bond acceptors (Lipinski definition) is 3. The number of esters is 1. The Morgan fingerprint density at radius 2 is 1.81 bits per heavy atom. The quantitative estimate of drug-likeness (QED) is 0.530. The van der Waals surface area contributed by atoms with E-state index in [1.807, 2.05) is 57.2 Å². The van der Waals surface area contributed by atoms with E-state index in [9.17, 15) is 9.59 Å². The van der Waals surface area contributed by atoms with Gasteiger partial charge in [-0.15, -0.1) is 0 Å². The lowest BCUT2D eigenvalue weighted by atomic mass is 10.1. The van der Waals surface area contributed by atoms with E-state index in [0.717, 1.165) is 16.5 Å². The Kier molecular flexibility index (Phi) is 7.36. The minimum atomic E-state index is -0.539. The largest absolute Gasteiger partial charge is 0.457 e. The minimum Gasteiger partial charge on any atom is -0.457 e. The molecular formula is C22H24BrNO3. The molecule has 4 nitrogen and oxygen atoms in total. The predicted molar refractivity (Wildman–Crippen MR) is 112 cm³/mol. The zero-order valence-electron chi connectivity index (χ0n) is 15.8. The van der Waals surface area contributed by atoms with Crippen molar-refractivity contribution in [3.05, 3.63) is 75.8 Å². The Bertz CT molecular complexity index is 823. The summed E-state index contributed by atoms with van der Waals surface area (Å²) in [6, 6.07) is 15.3. The highest BCUT2D eigenvalue weighted by Gasteiger charge is 2.14. The number of rotatable bonds is 6. The zero-order chi connectivity index (χ0) is 19.9. The smallest absolute Gasteiger partial charge is 0.331 e. The number of nitrogens with one attached hydrogen (secondary N) is 1. The summed E-state index contributed by atoms with van der Waals surface area (Å²) in [5.74, 6) is -0.574. The van der Waals surface area contributed by atoms with Crippen LogP contribution in [0.15, 0.2) is 59.1 Å². The molecule has 5 heteroatoms. The highest BCUT2D eigenvalue weighted by Crippen LogP contribution is 2.18. The van der Waals surface area contributed by atoms with Crippen molar-refractivity contribution in [2.45, 2.75) is 32.8 Å². The van der Waals surface area contributed by atoms with E-state index < -0.39 is 11.6 Å². The molecule has 0 fully saturated rings. The molecule has 0 saturated heterocycles. The van der Waals surface area contributed by atoms with Crippen LogP contribution < -0.4 is 5.32 Å². The predicted octanol–water partition coefficient (Wildman–Crippen LogP) is 4.78. The first kappa shape index (κ1) is 20.9. The molecule has 1 N–H and O–H groups in total. The van der Waals surface area contributed by atoms with Crippen molar-refractivity contribution in [3.63, 3.8) is 0 Å². The molecular weight excluding hydrogens is 406 g/mol. The van der Waals surface area contributed by atoms with Crippen molar-refractivity contribution in [2.75, 3.05) is 6.54 Å². The highest BCUT2D eigenvalue weighted by molar-refractivity contribution is 9.10. The van der Waals surface area contributed by atoms with Gasteiger partial charge in [-0.1, -0.05) is 46.3 Å². The molecule has 0 aliphatic rings. The number of carbonyl (C=O) groups excluding carboxylic acids is 2. The van der Waals surface area contributed by atoms with Gasteiger partial charge in [0.2, 0.25) is 0 Å². The van der Waals surface area contributed by atoms with Gasteiger partial charge in [-0.05, 0) is 62.6 Å². The number of carbonyl (C=O) groups is 2. The van der Waals surface area contributed by atoms with Crippen molar-refractivity contribution in [3.8, 4) is 0 Å². The van der Waals surface area contributed by atoms with Crippen molar-refractivity contribution in [1.82, 2.24) is 5.32 Å². The van der Waals surface area contributed by atoms with Gasteiger partial charge < -0.3 is 10.1 Å². The number of benzene rings is 2. The molecule has 0 atom stereocenters. The van der Waals surface area contributed by atoms with E-state index in [2.05, 4.69) is 21.2 Å². The van der Waals surface area contributed by atoms with E-state index in [0.29, 0.717) is 12.1 Å². The molecule has 0 aliphatic heterocycles. The van der Waals surface area contributed by atoms with Crippen LogP contribution in [0.3, 0.4) is 0 Å². The van der Waals surface area contributed by atoms with Gasteiger partial charge in [-0.3, -0.25) is 4.79 Å². The summed E-state index contributed by atoms with van der Waals surface area (Å²) >= 11 is 3.41. The number of ether oxygens (including phenoxy) is 1. The summed E-state index contributed by atoms with van der Waals surface area (Å²) in [5, 5.41) is 2.92. The van der Waals surface area contributed by atoms with E-state index in [-0.39, 0.29) is 5.91 Å². The molecule has 2 rings (SSSR count). The maximum Gasteiger partial charge on any atom is 0.331 e. The molecule has 2 aromatic carbocycles. The molecule has 142 valence electrons. The molecule has 0 heterocycles. The van der Waals surface area contributed by atoms with Gasteiger partial charge in [0.1, 0.15) is 5.60 Å². The summed E-state index contributed by atoms with van der Waals surface area (Å²) in [7, 11) is 0. The molecule has 0 unspecified atom stereocenters. The van der Waals surface area contributed by atoms with E-state index in [1.54, 1.807) is 18.2 Å². The standard InChI is InChI=1S/C22H24BrNO3/c1-22(2,3)27-20(25)10-9-17-13-18(15-19(23)14-17)21(26)24-12-11-16-7-5-4-6-8-16/h4-10,13-15H,11-12H2,1-3H3,(H,24,26)/b10-9+. The van der Waals surface area contributed by atoms with Crippen LogP contribution in [0.25, 0.3) is 6.08 Å². The molecule has 27 heavy (non-hydrogen) atoms. The van der Waals surface area contributed by atoms with Crippen LogP contribution in [0.4, 0.5) is 0 Å². The van der Waals surface area contributed by atoms with Gasteiger partial charge >= 0.3 is 5.97 Å². The lowest BCUT2D eigenvalue weighted by Crippen LogP contribution is -2.25. The molecule has 0 aromatic heterocycles. The minimum absolute atomic E-state index is 0.154. The zero-order valence-corrected chi connectivity index (χ0v) is 17.4. The molecule has 0 spiro atoms. The van der Waals surface area contributed by atoms with Crippen LogP contribution in [0.2, 0.25) is 0 Å². The van der Waals surface area contributed by atoms with E-state index in [1.165, 1.54) is 11.6 Å². The Labute approximate surface area is 168 Å². The van der Waals surface area contributed by atoms with Crippen LogP contribution in [-0.2, 0) is 16.0 Å². The average molecular weight is 430 g/mol. The van der Waals surface area contributed by atoms with Crippen molar-refractivity contribution in [1.29, 1.82) is 0 Å². The molecule has 0 bridgehead atoms. The van der Waals surface area contributed by atoms with Crippen LogP contribution in [-0.4, -0.2) is 24.0 Å². The number of halogens is 1. The topological polar surface area (TPSA) is 55.4 Å². The number of amides is 1. The van der Waals surface area contributed by atoms with Gasteiger partial charge in [0.05, 0.1) is 0 Å². The Balaban J connectivity index is 1.99. The second-order valence-electron chi connectivity index (χ2n) is 7.13. The Morgan fingerprint density at radius 3 is 2.48 bits per heavy atom. The Morgan fingerprint density at radius 1 is 1.11 bits per heavy atom. The molecule has 0 aliphatic carbocycles. The van der Waals surface area contributed by atoms with Crippen LogP contribution in [0, 0.1) is 0 Å². The third kappa shape index (κ3) is 7.79. The summed E-state index contributed by atoms with van der Waals surface area (Å²) in [6.45, 7) is 6.00. The van der Waals surface area contributed by atoms with Crippen LogP contribution >= 0.6 is 15.9 Å². The SMILES string of the molecule is CC(C)(C)OC(=O)/C=C/c1cc(Br)cc(C(=O)NCCc2ccccc2)c1. The monoisotopic (exact) mass is 429 g/mol. The summed E-state index contributed by atoms with van der Waals surface area (Å²) in [4.78, 5) is 24.2. The molecule has 0 saturated carbocycles. The van der Waals surface area contributed by atoms with Crippen molar-refractivity contribution in [2.24, 2.45) is 0 Å². The molecule has 2 aromatic rings. The van der Waals surface area contributed by atoms with Gasteiger partial charge in [0, 0.05) is 22.7 Å². The maximum absolute atomic E-state index is 12.4.